The third kappa shape index (κ3) is 2.88. The number of carbonyl (C=O) groups is 1. The Balaban J connectivity index is 1.99. The Morgan fingerprint density at radius 3 is 3.06 bits per heavy atom. The lowest BCUT2D eigenvalue weighted by Crippen LogP contribution is -2.34. The summed E-state index contributed by atoms with van der Waals surface area (Å²) in [5.41, 5.74) is 6.06. The van der Waals surface area contributed by atoms with Crippen LogP contribution in [0.4, 0.5) is 0 Å². The van der Waals surface area contributed by atoms with Crippen molar-refractivity contribution in [3.8, 4) is 0 Å². The lowest BCUT2D eigenvalue weighted by molar-refractivity contribution is 0.0778. The number of hydrogen-bond acceptors (Lipinski definition) is 5. The Labute approximate surface area is 112 Å². The summed E-state index contributed by atoms with van der Waals surface area (Å²) in [5, 5.41) is 2.79. The molecule has 2 heterocycles. The molecule has 2 N–H and O–H groups in total. The van der Waals surface area contributed by atoms with Crippen LogP contribution in [-0.4, -0.2) is 60.5 Å². The molecule has 18 heavy (non-hydrogen) atoms. The zero-order valence-corrected chi connectivity index (χ0v) is 11.7. The van der Waals surface area contributed by atoms with E-state index in [-0.39, 0.29) is 5.91 Å². The number of hydrogen-bond donors (Lipinski definition) is 1. The van der Waals surface area contributed by atoms with Crippen molar-refractivity contribution in [3.05, 3.63) is 16.1 Å². The maximum atomic E-state index is 12.3. The number of aromatic nitrogens is 1. The van der Waals surface area contributed by atoms with Crippen LogP contribution in [0.3, 0.4) is 0 Å². The SMILES string of the molecule is CN(C)C1CCN(C(=O)c2csc(CCN)n2)C1. The van der Waals surface area contributed by atoms with Crippen LogP contribution < -0.4 is 5.73 Å². The Hall–Kier alpha value is -0.980. The van der Waals surface area contributed by atoms with Gasteiger partial charge in [0.05, 0.1) is 5.01 Å². The Bertz CT molecular complexity index is 418. The first kappa shape index (κ1) is 13.5. The molecule has 0 radical (unpaired) electrons. The molecule has 0 aliphatic carbocycles. The van der Waals surface area contributed by atoms with E-state index in [9.17, 15) is 4.79 Å². The summed E-state index contributed by atoms with van der Waals surface area (Å²) < 4.78 is 0. The van der Waals surface area contributed by atoms with Gasteiger partial charge in [0.1, 0.15) is 5.69 Å². The fourth-order valence-electron chi connectivity index (χ4n) is 2.16. The van der Waals surface area contributed by atoms with Gasteiger partial charge in [-0.25, -0.2) is 4.98 Å². The zero-order valence-electron chi connectivity index (χ0n) is 10.9. The normalized spacial score (nSPS) is 19.8. The minimum absolute atomic E-state index is 0.0545. The summed E-state index contributed by atoms with van der Waals surface area (Å²) in [6.07, 6.45) is 1.79. The third-order valence-corrected chi connectivity index (χ3v) is 4.22. The lowest BCUT2D eigenvalue weighted by atomic mass is 10.2. The van der Waals surface area contributed by atoms with Gasteiger partial charge in [-0.15, -0.1) is 11.3 Å². The van der Waals surface area contributed by atoms with Crippen LogP contribution in [0.25, 0.3) is 0 Å². The van der Waals surface area contributed by atoms with Crippen LogP contribution in [0, 0.1) is 0 Å². The van der Waals surface area contributed by atoms with Gasteiger partial charge in [-0.3, -0.25) is 4.79 Å². The first-order valence-corrected chi connectivity index (χ1v) is 7.10. The van der Waals surface area contributed by atoms with E-state index >= 15 is 0 Å². The molecule has 1 fully saturated rings. The van der Waals surface area contributed by atoms with Gasteiger partial charge in [0.2, 0.25) is 0 Å². The summed E-state index contributed by atoms with van der Waals surface area (Å²) in [6.45, 7) is 2.20. The van der Waals surface area contributed by atoms with Gasteiger partial charge in [-0.1, -0.05) is 0 Å². The number of rotatable bonds is 4. The average Bonchev–Trinajstić information content (AvgIpc) is 2.97. The highest BCUT2D eigenvalue weighted by Crippen LogP contribution is 2.18. The van der Waals surface area contributed by atoms with Crippen molar-refractivity contribution in [2.45, 2.75) is 18.9 Å². The standard InChI is InChI=1S/C12H20N4OS/c1-15(2)9-4-6-16(7-9)12(17)10-8-18-11(14-10)3-5-13/h8-9H,3-7,13H2,1-2H3. The lowest BCUT2D eigenvalue weighted by Gasteiger charge is -2.19. The van der Waals surface area contributed by atoms with Crippen LogP contribution in [-0.2, 0) is 6.42 Å². The number of nitrogens with zero attached hydrogens (tertiary/aromatic N) is 3. The highest BCUT2D eigenvalue weighted by Gasteiger charge is 2.29. The Kier molecular flexibility index (Phi) is 4.31. The van der Waals surface area contributed by atoms with Gasteiger partial charge < -0.3 is 15.5 Å². The number of nitrogens with two attached hydrogens (primary N) is 1. The second-order valence-electron chi connectivity index (χ2n) is 4.82. The van der Waals surface area contributed by atoms with E-state index < -0.39 is 0 Å². The van der Waals surface area contributed by atoms with E-state index in [1.165, 1.54) is 11.3 Å². The largest absolute Gasteiger partial charge is 0.336 e. The minimum Gasteiger partial charge on any atom is -0.336 e. The molecule has 6 heteroatoms. The first-order valence-electron chi connectivity index (χ1n) is 6.22. The van der Waals surface area contributed by atoms with Crippen LogP contribution in [0.5, 0.6) is 0 Å². The van der Waals surface area contributed by atoms with Crippen LogP contribution in [0.15, 0.2) is 5.38 Å². The van der Waals surface area contributed by atoms with Gasteiger partial charge in [-0.2, -0.15) is 0 Å². The predicted molar refractivity (Wildman–Crippen MR) is 72.9 cm³/mol. The number of amides is 1. The van der Waals surface area contributed by atoms with Crippen LogP contribution >= 0.6 is 11.3 Å². The molecule has 1 saturated heterocycles. The van der Waals surface area contributed by atoms with Gasteiger partial charge in [0, 0.05) is 30.9 Å². The van der Waals surface area contributed by atoms with Crippen molar-refractivity contribution in [3.63, 3.8) is 0 Å². The highest BCUT2D eigenvalue weighted by atomic mass is 32.1. The number of likely N-dealkylation sites (N-methyl/N-ethyl adjacent to an activating group) is 1. The maximum Gasteiger partial charge on any atom is 0.273 e. The van der Waals surface area contributed by atoms with Gasteiger partial charge in [0.25, 0.3) is 5.91 Å². The van der Waals surface area contributed by atoms with Crippen molar-refractivity contribution >= 4 is 17.2 Å². The second kappa shape index (κ2) is 5.77. The highest BCUT2D eigenvalue weighted by molar-refractivity contribution is 7.09. The molecule has 1 aliphatic rings. The molecular formula is C12H20N4OS. The summed E-state index contributed by atoms with van der Waals surface area (Å²) >= 11 is 1.52. The van der Waals surface area contributed by atoms with Crippen molar-refractivity contribution in [2.75, 3.05) is 33.7 Å². The molecule has 0 spiro atoms. The molecule has 1 atom stereocenters. The quantitative estimate of drug-likeness (QED) is 0.859. The van der Waals surface area contributed by atoms with E-state index in [0.29, 0.717) is 18.3 Å². The Morgan fingerprint density at radius 2 is 2.44 bits per heavy atom. The number of thiazole rings is 1. The van der Waals surface area contributed by atoms with E-state index in [2.05, 4.69) is 24.0 Å². The monoisotopic (exact) mass is 268 g/mol. The maximum absolute atomic E-state index is 12.3. The summed E-state index contributed by atoms with van der Waals surface area (Å²) in [7, 11) is 4.11. The predicted octanol–water partition coefficient (Wildman–Crippen LogP) is 0.420. The molecule has 1 aromatic rings. The topological polar surface area (TPSA) is 62.5 Å². The zero-order chi connectivity index (χ0) is 13.1. The van der Waals surface area contributed by atoms with Crippen molar-refractivity contribution in [1.29, 1.82) is 0 Å². The average molecular weight is 268 g/mol. The molecule has 0 bridgehead atoms. The van der Waals surface area contributed by atoms with Crippen molar-refractivity contribution < 1.29 is 4.79 Å². The Morgan fingerprint density at radius 1 is 1.67 bits per heavy atom. The molecule has 1 unspecified atom stereocenters. The van der Waals surface area contributed by atoms with Gasteiger partial charge >= 0.3 is 0 Å². The molecule has 0 aromatic carbocycles. The minimum atomic E-state index is 0.0545. The molecular weight excluding hydrogens is 248 g/mol. The van der Waals surface area contributed by atoms with E-state index in [0.717, 1.165) is 30.9 Å². The molecule has 1 amide bonds. The summed E-state index contributed by atoms with van der Waals surface area (Å²) in [6, 6.07) is 0.469. The van der Waals surface area contributed by atoms with E-state index in [1.54, 1.807) is 0 Å². The van der Waals surface area contributed by atoms with Crippen LogP contribution in [0.1, 0.15) is 21.9 Å². The third-order valence-electron chi connectivity index (χ3n) is 3.31. The van der Waals surface area contributed by atoms with Gasteiger partial charge in [0.15, 0.2) is 0 Å². The smallest absolute Gasteiger partial charge is 0.273 e. The fraction of sp³-hybridized carbons (Fsp3) is 0.667. The molecule has 1 aliphatic heterocycles. The first-order chi connectivity index (χ1) is 8.61. The molecule has 2 rings (SSSR count). The number of carbonyl (C=O) groups excluding carboxylic acids is 1. The number of likely N-dealkylation sites (tertiary alicyclic amines) is 1. The molecule has 0 saturated carbocycles. The van der Waals surface area contributed by atoms with E-state index in [4.69, 9.17) is 5.73 Å². The van der Waals surface area contributed by atoms with Crippen molar-refractivity contribution in [2.24, 2.45) is 5.73 Å². The second-order valence-corrected chi connectivity index (χ2v) is 5.77. The van der Waals surface area contributed by atoms with E-state index in [1.807, 2.05) is 10.3 Å². The van der Waals surface area contributed by atoms with Gasteiger partial charge in [-0.05, 0) is 27.1 Å². The summed E-state index contributed by atoms with van der Waals surface area (Å²) in [4.78, 5) is 20.7. The fourth-order valence-corrected chi connectivity index (χ4v) is 2.95. The molecule has 100 valence electrons. The molecule has 5 nitrogen and oxygen atoms in total. The molecule has 1 aromatic heterocycles. The summed E-state index contributed by atoms with van der Waals surface area (Å²) in [5.74, 6) is 0.0545. The van der Waals surface area contributed by atoms with Crippen LogP contribution in [0.2, 0.25) is 0 Å². The van der Waals surface area contributed by atoms with Crippen molar-refractivity contribution in [1.82, 2.24) is 14.8 Å².